The zero-order chi connectivity index (χ0) is 9.40. The molecule has 0 aliphatic carbocycles. The van der Waals surface area contributed by atoms with Crippen LogP contribution in [-0.4, -0.2) is 12.1 Å². The molecule has 0 N–H and O–H groups in total. The molecule has 0 fully saturated rings. The molecule has 0 amide bonds. The van der Waals surface area contributed by atoms with E-state index in [1.165, 1.54) is 6.08 Å². The van der Waals surface area contributed by atoms with Crippen LogP contribution in [0.15, 0.2) is 24.3 Å². The highest BCUT2D eigenvalue weighted by Gasteiger charge is 2.04. The maximum atomic E-state index is 10.9. The molecular weight excluding hydrogens is 152 g/mol. The third-order valence-electron chi connectivity index (χ3n) is 1.38. The number of hydrogen-bond donors (Lipinski definition) is 0. The molecule has 0 aliphatic rings. The minimum atomic E-state index is -0.276. The molecule has 0 saturated heterocycles. The third-order valence-corrected chi connectivity index (χ3v) is 1.38. The van der Waals surface area contributed by atoms with E-state index >= 15 is 0 Å². The maximum absolute atomic E-state index is 10.9. The van der Waals surface area contributed by atoms with Crippen molar-refractivity contribution in [3.8, 4) is 0 Å². The van der Waals surface area contributed by atoms with Crippen molar-refractivity contribution >= 4 is 5.97 Å². The fourth-order valence-corrected chi connectivity index (χ4v) is 0.798. The van der Waals surface area contributed by atoms with E-state index in [4.69, 9.17) is 4.74 Å². The Morgan fingerprint density at radius 3 is 2.50 bits per heavy atom. The van der Waals surface area contributed by atoms with Gasteiger partial charge in [0, 0.05) is 6.08 Å². The Kier molecular flexibility index (Phi) is 6.07. The Bertz CT molecular complexity index is 180. The van der Waals surface area contributed by atoms with Gasteiger partial charge in [0.2, 0.25) is 0 Å². The lowest BCUT2D eigenvalue weighted by atomic mass is 10.2. The molecule has 0 heterocycles. The first-order valence-corrected chi connectivity index (χ1v) is 4.20. The highest BCUT2D eigenvalue weighted by atomic mass is 16.5. The monoisotopic (exact) mass is 168 g/mol. The molecule has 0 rings (SSSR count). The summed E-state index contributed by atoms with van der Waals surface area (Å²) in [7, 11) is 0. The summed E-state index contributed by atoms with van der Waals surface area (Å²) in [6.07, 6.45) is 7.59. The van der Waals surface area contributed by atoms with Gasteiger partial charge in [0.15, 0.2) is 0 Å². The zero-order valence-electron chi connectivity index (χ0n) is 7.91. The lowest BCUT2D eigenvalue weighted by molar-refractivity contribution is -0.140. The summed E-state index contributed by atoms with van der Waals surface area (Å²) in [5.74, 6) is -0.276. The Labute approximate surface area is 73.9 Å². The largest absolute Gasteiger partial charge is 0.455 e. The van der Waals surface area contributed by atoms with Crippen LogP contribution in [0.3, 0.4) is 0 Å². The summed E-state index contributed by atoms with van der Waals surface area (Å²) >= 11 is 0. The first-order valence-electron chi connectivity index (χ1n) is 4.20. The van der Waals surface area contributed by atoms with Crippen LogP contribution in [0.5, 0.6) is 0 Å². The van der Waals surface area contributed by atoms with Crippen molar-refractivity contribution in [2.75, 3.05) is 0 Å². The fourth-order valence-electron chi connectivity index (χ4n) is 0.798. The van der Waals surface area contributed by atoms with Crippen molar-refractivity contribution < 1.29 is 9.53 Å². The first kappa shape index (κ1) is 11.0. The molecule has 0 bridgehead atoms. The Morgan fingerprint density at radius 2 is 2.08 bits per heavy atom. The molecule has 68 valence electrons. The van der Waals surface area contributed by atoms with Crippen LogP contribution >= 0.6 is 0 Å². The second-order valence-electron chi connectivity index (χ2n) is 2.41. The molecule has 0 aliphatic heterocycles. The minimum Gasteiger partial charge on any atom is -0.455 e. The summed E-state index contributed by atoms with van der Waals surface area (Å²) in [6.45, 7) is 5.68. The van der Waals surface area contributed by atoms with Crippen LogP contribution < -0.4 is 0 Å². The van der Waals surface area contributed by atoms with Crippen molar-refractivity contribution in [2.45, 2.75) is 33.3 Å². The van der Waals surface area contributed by atoms with Crippen LogP contribution in [0.4, 0.5) is 0 Å². The van der Waals surface area contributed by atoms with Gasteiger partial charge in [0.1, 0.15) is 6.10 Å². The van der Waals surface area contributed by atoms with Gasteiger partial charge in [-0.3, -0.25) is 0 Å². The second-order valence-corrected chi connectivity index (χ2v) is 2.41. The molecule has 1 atom stereocenters. The number of esters is 1. The van der Waals surface area contributed by atoms with E-state index in [1.54, 1.807) is 13.0 Å². The maximum Gasteiger partial charge on any atom is 0.330 e. The van der Waals surface area contributed by atoms with E-state index in [1.807, 2.05) is 26.0 Å². The van der Waals surface area contributed by atoms with E-state index in [2.05, 4.69) is 0 Å². The third kappa shape index (κ3) is 4.72. The highest BCUT2D eigenvalue weighted by Crippen LogP contribution is 2.00. The lowest BCUT2D eigenvalue weighted by Crippen LogP contribution is -2.12. The summed E-state index contributed by atoms with van der Waals surface area (Å²) in [4.78, 5) is 10.9. The van der Waals surface area contributed by atoms with Crippen LogP contribution in [0, 0.1) is 0 Å². The molecule has 0 radical (unpaired) electrons. The first-order chi connectivity index (χ1) is 5.74. The van der Waals surface area contributed by atoms with Crippen molar-refractivity contribution in [1.29, 1.82) is 0 Å². The quantitative estimate of drug-likeness (QED) is 0.366. The molecule has 0 aromatic heterocycles. The smallest absolute Gasteiger partial charge is 0.330 e. The SMILES string of the molecule is C/C=C/C(=O)OC(/C=C/C)CC. The lowest BCUT2D eigenvalue weighted by Gasteiger charge is -2.09. The average Bonchev–Trinajstić information content (AvgIpc) is 2.04. The van der Waals surface area contributed by atoms with Crippen molar-refractivity contribution in [2.24, 2.45) is 0 Å². The highest BCUT2D eigenvalue weighted by molar-refractivity contribution is 5.82. The van der Waals surface area contributed by atoms with E-state index in [9.17, 15) is 4.79 Å². The number of rotatable bonds is 4. The van der Waals surface area contributed by atoms with Gasteiger partial charge in [0.25, 0.3) is 0 Å². The molecule has 0 spiro atoms. The second kappa shape index (κ2) is 6.65. The Hall–Kier alpha value is -1.05. The number of ether oxygens (including phenoxy) is 1. The van der Waals surface area contributed by atoms with Crippen molar-refractivity contribution in [1.82, 2.24) is 0 Å². The van der Waals surface area contributed by atoms with Gasteiger partial charge >= 0.3 is 5.97 Å². The Balaban J connectivity index is 3.93. The number of allylic oxidation sites excluding steroid dienone is 2. The van der Waals surface area contributed by atoms with Gasteiger partial charge in [0.05, 0.1) is 0 Å². The summed E-state index contributed by atoms with van der Waals surface area (Å²) in [6, 6.07) is 0. The molecule has 0 aromatic rings. The van der Waals surface area contributed by atoms with Gasteiger partial charge in [-0.15, -0.1) is 0 Å². The van der Waals surface area contributed by atoms with E-state index < -0.39 is 0 Å². The van der Waals surface area contributed by atoms with Crippen molar-refractivity contribution in [3.63, 3.8) is 0 Å². The molecule has 2 nitrogen and oxygen atoms in total. The molecule has 1 unspecified atom stereocenters. The van der Waals surface area contributed by atoms with E-state index in [0.717, 1.165) is 6.42 Å². The van der Waals surface area contributed by atoms with Crippen LogP contribution in [0.2, 0.25) is 0 Å². The average molecular weight is 168 g/mol. The van der Waals surface area contributed by atoms with Gasteiger partial charge in [-0.2, -0.15) is 0 Å². The van der Waals surface area contributed by atoms with E-state index in [0.29, 0.717) is 0 Å². The molecule has 2 heteroatoms. The molecular formula is C10H16O2. The zero-order valence-corrected chi connectivity index (χ0v) is 7.91. The molecule has 0 saturated carbocycles. The number of hydrogen-bond acceptors (Lipinski definition) is 2. The van der Waals surface area contributed by atoms with Gasteiger partial charge in [-0.25, -0.2) is 4.79 Å². The van der Waals surface area contributed by atoms with E-state index in [-0.39, 0.29) is 12.1 Å². The van der Waals surface area contributed by atoms with Crippen molar-refractivity contribution in [3.05, 3.63) is 24.3 Å². The van der Waals surface area contributed by atoms with Gasteiger partial charge < -0.3 is 4.74 Å². The standard InChI is InChI=1S/C10H16O2/c1-4-7-9(6-3)12-10(11)8-5-2/h4-5,7-9H,6H2,1-3H3/b7-4+,8-5+. The summed E-state index contributed by atoms with van der Waals surface area (Å²) in [5, 5.41) is 0. The van der Waals surface area contributed by atoms with Gasteiger partial charge in [-0.1, -0.05) is 19.1 Å². The van der Waals surface area contributed by atoms with Gasteiger partial charge in [-0.05, 0) is 26.3 Å². The minimum absolute atomic E-state index is 0.0845. The molecule has 0 aromatic carbocycles. The van der Waals surface area contributed by atoms with Crippen LogP contribution in [0.25, 0.3) is 0 Å². The normalized spacial score (nSPS) is 13.9. The topological polar surface area (TPSA) is 26.3 Å². The predicted octanol–water partition coefficient (Wildman–Crippen LogP) is 2.46. The van der Waals surface area contributed by atoms with Crippen LogP contribution in [-0.2, 0) is 9.53 Å². The molecule has 12 heavy (non-hydrogen) atoms. The van der Waals surface area contributed by atoms with Crippen LogP contribution in [0.1, 0.15) is 27.2 Å². The fraction of sp³-hybridized carbons (Fsp3) is 0.500. The number of carbonyl (C=O) groups excluding carboxylic acids is 1. The summed E-state index contributed by atoms with van der Waals surface area (Å²) in [5.41, 5.74) is 0. The summed E-state index contributed by atoms with van der Waals surface area (Å²) < 4.78 is 5.07. The number of carbonyl (C=O) groups is 1. The predicted molar refractivity (Wildman–Crippen MR) is 49.8 cm³/mol. The Morgan fingerprint density at radius 1 is 1.42 bits per heavy atom.